The second kappa shape index (κ2) is 5.11. The maximum absolute atomic E-state index is 12.1. The Morgan fingerprint density at radius 3 is 2.78 bits per heavy atom. The molecule has 1 aromatic carbocycles. The average molecular weight is 307 g/mol. The predicted octanol–water partition coefficient (Wildman–Crippen LogP) is 3.32. The van der Waals surface area contributed by atoms with Gasteiger partial charge in [0.25, 0.3) is 0 Å². The highest BCUT2D eigenvalue weighted by molar-refractivity contribution is 9.10. The molecule has 1 fully saturated rings. The number of nitriles is 1. The van der Waals surface area contributed by atoms with E-state index in [1.807, 2.05) is 31.2 Å². The molecular weight excluding hydrogens is 292 g/mol. The van der Waals surface area contributed by atoms with Crippen molar-refractivity contribution in [2.24, 2.45) is 5.41 Å². The van der Waals surface area contributed by atoms with Gasteiger partial charge in [0.1, 0.15) is 5.41 Å². The normalized spacial score (nSPS) is 18.3. The summed E-state index contributed by atoms with van der Waals surface area (Å²) in [6.07, 6.45) is 2.33. The fourth-order valence-corrected chi connectivity index (χ4v) is 2.53. The molecule has 94 valence electrons. The maximum Gasteiger partial charge on any atom is 0.240 e. The van der Waals surface area contributed by atoms with Crippen molar-refractivity contribution in [1.29, 1.82) is 5.26 Å². The molecule has 1 aliphatic rings. The van der Waals surface area contributed by atoms with Crippen molar-refractivity contribution in [2.45, 2.75) is 32.2 Å². The minimum atomic E-state index is -0.778. The highest BCUT2D eigenvalue weighted by Crippen LogP contribution is 2.40. The molecule has 4 heteroatoms. The summed E-state index contributed by atoms with van der Waals surface area (Å²) in [5.41, 5.74) is 0.255. The average Bonchev–Trinajstić information content (AvgIpc) is 2.28. The van der Waals surface area contributed by atoms with Crippen LogP contribution >= 0.6 is 15.9 Å². The van der Waals surface area contributed by atoms with E-state index in [-0.39, 0.29) is 11.9 Å². The summed E-state index contributed by atoms with van der Waals surface area (Å²) in [7, 11) is 0. The lowest BCUT2D eigenvalue weighted by molar-refractivity contribution is -0.132. The molecule has 1 saturated carbocycles. The van der Waals surface area contributed by atoms with Gasteiger partial charge < -0.3 is 5.32 Å². The van der Waals surface area contributed by atoms with Gasteiger partial charge in [-0.15, -0.1) is 0 Å². The minimum Gasteiger partial charge on any atom is -0.348 e. The van der Waals surface area contributed by atoms with Crippen molar-refractivity contribution < 1.29 is 4.79 Å². The molecule has 3 nitrogen and oxygen atoms in total. The molecule has 0 bridgehead atoms. The van der Waals surface area contributed by atoms with E-state index in [0.717, 1.165) is 16.5 Å². The second-order valence-corrected chi connectivity index (χ2v) is 5.71. The van der Waals surface area contributed by atoms with E-state index >= 15 is 0 Å². The Morgan fingerprint density at radius 2 is 2.28 bits per heavy atom. The number of carbonyl (C=O) groups is 1. The smallest absolute Gasteiger partial charge is 0.240 e. The van der Waals surface area contributed by atoms with Gasteiger partial charge in [-0.3, -0.25) is 4.79 Å². The molecule has 0 radical (unpaired) electrons. The first-order chi connectivity index (χ1) is 8.57. The molecule has 1 aromatic rings. The Kier molecular flexibility index (Phi) is 3.72. The zero-order chi connectivity index (χ0) is 13.2. The van der Waals surface area contributed by atoms with Crippen molar-refractivity contribution in [2.75, 3.05) is 0 Å². The highest BCUT2D eigenvalue weighted by Gasteiger charge is 2.44. The van der Waals surface area contributed by atoms with E-state index in [2.05, 4.69) is 27.3 Å². The van der Waals surface area contributed by atoms with Crippen LogP contribution in [0.15, 0.2) is 28.7 Å². The van der Waals surface area contributed by atoms with E-state index in [4.69, 9.17) is 5.26 Å². The first-order valence-electron chi connectivity index (χ1n) is 6.05. The summed E-state index contributed by atoms with van der Waals surface area (Å²) >= 11 is 3.41. The van der Waals surface area contributed by atoms with Crippen LogP contribution in [0.3, 0.4) is 0 Å². The summed E-state index contributed by atoms with van der Waals surface area (Å²) in [6.45, 7) is 1.93. The van der Waals surface area contributed by atoms with E-state index in [0.29, 0.717) is 12.8 Å². The van der Waals surface area contributed by atoms with E-state index in [9.17, 15) is 4.79 Å². The lowest BCUT2D eigenvalue weighted by Gasteiger charge is -2.34. The van der Waals surface area contributed by atoms with Crippen LogP contribution in [0.1, 0.15) is 37.8 Å². The molecule has 1 N–H and O–H groups in total. The number of rotatable bonds is 3. The molecular formula is C14H15BrN2O. The number of nitrogens with one attached hydrogen (secondary N) is 1. The minimum absolute atomic E-state index is 0.0826. The third-order valence-corrected chi connectivity index (χ3v) is 4.05. The SMILES string of the molecule is CC(NC(=O)C1(C#N)CCC1)c1cccc(Br)c1. The Hall–Kier alpha value is -1.34. The molecule has 0 aliphatic heterocycles. The number of halogens is 1. The van der Waals surface area contributed by atoms with Crippen LogP contribution in [0, 0.1) is 16.7 Å². The largest absolute Gasteiger partial charge is 0.348 e. The zero-order valence-corrected chi connectivity index (χ0v) is 11.8. The third kappa shape index (κ3) is 2.41. The number of carbonyl (C=O) groups excluding carboxylic acids is 1. The number of hydrogen-bond donors (Lipinski definition) is 1. The van der Waals surface area contributed by atoms with Crippen molar-refractivity contribution in [3.8, 4) is 6.07 Å². The van der Waals surface area contributed by atoms with Gasteiger partial charge in [0.05, 0.1) is 12.1 Å². The van der Waals surface area contributed by atoms with Crippen molar-refractivity contribution >= 4 is 21.8 Å². The fourth-order valence-electron chi connectivity index (χ4n) is 2.11. The monoisotopic (exact) mass is 306 g/mol. The summed E-state index contributed by atoms with van der Waals surface area (Å²) in [5.74, 6) is -0.135. The Bertz CT molecular complexity index is 503. The molecule has 0 spiro atoms. The van der Waals surface area contributed by atoms with Crippen LogP contribution in [-0.4, -0.2) is 5.91 Å². The molecule has 0 saturated heterocycles. The van der Waals surface area contributed by atoms with Gasteiger partial charge in [-0.05, 0) is 43.9 Å². The van der Waals surface area contributed by atoms with Gasteiger partial charge in [0.2, 0.25) is 5.91 Å². The first kappa shape index (κ1) is 13.1. The van der Waals surface area contributed by atoms with Crippen molar-refractivity contribution in [3.63, 3.8) is 0 Å². The molecule has 0 aromatic heterocycles. The standard InChI is InChI=1S/C14H15BrN2O/c1-10(11-4-2-5-12(15)8-11)17-13(18)14(9-16)6-3-7-14/h2,4-5,8,10H,3,6-7H2,1H3,(H,17,18). The van der Waals surface area contributed by atoms with E-state index < -0.39 is 5.41 Å². The van der Waals surface area contributed by atoms with Gasteiger partial charge in [0, 0.05) is 4.47 Å². The first-order valence-corrected chi connectivity index (χ1v) is 6.84. The summed E-state index contributed by atoms with van der Waals surface area (Å²) in [4.78, 5) is 12.1. The second-order valence-electron chi connectivity index (χ2n) is 4.80. The molecule has 1 aliphatic carbocycles. The molecule has 2 rings (SSSR count). The van der Waals surface area contributed by atoms with Gasteiger partial charge in [-0.1, -0.05) is 28.1 Å². The molecule has 1 atom stereocenters. The Labute approximate surface area is 115 Å². The van der Waals surface area contributed by atoms with Crippen LogP contribution in [0.4, 0.5) is 0 Å². The van der Waals surface area contributed by atoms with Gasteiger partial charge >= 0.3 is 0 Å². The van der Waals surface area contributed by atoms with Crippen LogP contribution in [0.5, 0.6) is 0 Å². The van der Waals surface area contributed by atoms with Crippen molar-refractivity contribution in [1.82, 2.24) is 5.32 Å². The van der Waals surface area contributed by atoms with Gasteiger partial charge in [-0.2, -0.15) is 5.26 Å². The van der Waals surface area contributed by atoms with E-state index in [1.165, 1.54) is 0 Å². The summed E-state index contributed by atoms with van der Waals surface area (Å²) in [6, 6.07) is 9.90. The van der Waals surface area contributed by atoms with Crippen LogP contribution in [-0.2, 0) is 4.79 Å². The fraction of sp³-hybridized carbons (Fsp3) is 0.429. The summed E-state index contributed by atoms with van der Waals surface area (Å²) < 4.78 is 0.986. The van der Waals surface area contributed by atoms with Gasteiger partial charge in [0.15, 0.2) is 0 Å². The maximum atomic E-state index is 12.1. The Morgan fingerprint density at radius 1 is 1.56 bits per heavy atom. The molecule has 18 heavy (non-hydrogen) atoms. The number of benzene rings is 1. The van der Waals surface area contributed by atoms with Crippen LogP contribution in [0.25, 0.3) is 0 Å². The van der Waals surface area contributed by atoms with Crippen LogP contribution in [0.2, 0.25) is 0 Å². The lowest BCUT2D eigenvalue weighted by Crippen LogP contribution is -2.45. The lowest BCUT2D eigenvalue weighted by atomic mass is 9.69. The number of hydrogen-bond acceptors (Lipinski definition) is 2. The van der Waals surface area contributed by atoms with Crippen LogP contribution < -0.4 is 5.32 Å². The zero-order valence-electron chi connectivity index (χ0n) is 10.2. The van der Waals surface area contributed by atoms with Crippen molar-refractivity contribution in [3.05, 3.63) is 34.3 Å². The third-order valence-electron chi connectivity index (χ3n) is 3.55. The van der Waals surface area contributed by atoms with Gasteiger partial charge in [-0.25, -0.2) is 0 Å². The quantitative estimate of drug-likeness (QED) is 0.931. The molecule has 0 heterocycles. The highest BCUT2D eigenvalue weighted by atomic mass is 79.9. The molecule has 1 amide bonds. The predicted molar refractivity (Wildman–Crippen MR) is 72.6 cm³/mol. The Balaban J connectivity index is 2.06. The molecule has 1 unspecified atom stereocenters. The van der Waals surface area contributed by atoms with E-state index in [1.54, 1.807) is 0 Å². The summed E-state index contributed by atoms with van der Waals surface area (Å²) in [5, 5.41) is 12.1. The number of amides is 1. The topological polar surface area (TPSA) is 52.9 Å². The number of nitrogens with zero attached hydrogens (tertiary/aromatic N) is 1.